The van der Waals surface area contributed by atoms with E-state index in [1.807, 2.05) is 12.1 Å². The minimum absolute atomic E-state index is 0.334. The van der Waals surface area contributed by atoms with E-state index in [1.165, 1.54) is 10.6 Å². The Morgan fingerprint density at radius 2 is 2.32 bits per heavy atom. The highest BCUT2D eigenvalue weighted by Crippen LogP contribution is 2.31. The number of hydrogen-bond acceptors (Lipinski definition) is 4. The Morgan fingerprint density at radius 3 is 2.95 bits per heavy atom. The number of nitriles is 1. The van der Waals surface area contributed by atoms with Gasteiger partial charge in [-0.3, -0.25) is 4.40 Å². The van der Waals surface area contributed by atoms with Crippen molar-refractivity contribution in [3.05, 3.63) is 34.7 Å². The standard InChI is InChI=1S/C14H13N3OS/c1-3-10-9(2)19-14-16-13(12-5-4-8-18-12)11(6-7-15)17(10)14/h4-5,8H,3,6H2,1-2H3. The van der Waals surface area contributed by atoms with Gasteiger partial charge in [-0.1, -0.05) is 6.92 Å². The third-order valence-corrected chi connectivity index (χ3v) is 4.20. The van der Waals surface area contributed by atoms with E-state index in [1.54, 1.807) is 17.6 Å². The Bertz CT molecular complexity index is 759. The first-order valence-electron chi connectivity index (χ1n) is 6.16. The average Bonchev–Trinajstić information content (AvgIpc) is 3.06. The average molecular weight is 271 g/mol. The van der Waals surface area contributed by atoms with Gasteiger partial charge in [-0.2, -0.15) is 5.26 Å². The lowest BCUT2D eigenvalue weighted by molar-refractivity contribution is 0.579. The monoisotopic (exact) mass is 271 g/mol. The summed E-state index contributed by atoms with van der Waals surface area (Å²) < 4.78 is 7.54. The summed E-state index contributed by atoms with van der Waals surface area (Å²) in [5.74, 6) is 0.723. The molecule has 0 aliphatic heterocycles. The van der Waals surface area contributed by atoms with Crippen molar-refractivity contribution >= 4 is 16.3 Å². The maximum atomic E-state index is 9.07. The molecule has 0 atom stereocenters. The highest BCUT2D eigenvalue weighted by Gasteiger charge is 2.20. The first kappa shape index (κ1) is 12.0. The molecule has 3 aromatic rings. The normalized spacial score (nSPS) is 11.0. The second kappa shape index (κ2) is 4.56. The van der Waals surface area contributed by atoms with Crippen LogP contribution in [0.25, 0.3) is 16.4 Å². The highest BCUT2D eigenvalue weighted by molar-refractivity contribution is 7.17. The number of hydrogen-bond donors (Lipinski definition) is 0. The molecule has 0 amide bonds. The Hall–Kier alpha value is -2.06. The van der Waals surface area contributed by atoms with Gasteiger partial charge in [0.1, 0.15) is 5.69 Å². The van der Waals surface area contributed by atoms with Gasteiger partial charge in [-0.15, -0.1) is 11.3 Å². The molecule has 0 saturated carbocycles. The van der Waals surface area contributed by atoms with Crippen LogP contribution in [0.1, 0.15) is 23.2 Å². The van der Waals surface area contributed by atoms with Crippen LogP contribution in [0.5, 0.6) is 0 Å². The third kappa shape index (κ3) is 1.76. The predicted molar refractivity (Wildman–Crippen MR) is 74.2 cm³/mol. The van der Waals surface area contributed by atoms with Crippen LogP contribution < -0.4 is 0 Å². The van der Waals surface area contributed by atoms with Crippen molar-refractivity contribution in [2.75, 3.05) is 0 Å². The molecule has 3 heterocycles. The number of nitrogens with zero attached hydrogens (tertiary/aromatic N) is 3. The van der Waals surface area contributed by atoms with E-state index in [2.05, 4.69) is 29.3 Å². The minimum Gasteiger partial charge on any atom is -0.463 e. The molecule has 19 heavy (non-hydrogen) atoms. The van der Waals surface area contributed by atoms with Crippen LogP contribution in [0.3, 0.4) is 0 Å². The molecule has 0 aliphatic carbocycles. The van der Waals surface area contributed by atoms with Crippen LogP contribution in [0, 0.1) is 18.3 Å². The van der Waals surface area contributed by atoms with E-state index in [-0.39, 0.29) is 0 Å². The molecule has 4 nitrogen and oxygen atoms in total. The lowest BCUT2D eigenvalue weighted by Crippen LogP contribution is -1.97. The molecule has 0 bridgehead atoms. The zero-order valence-corrected chi connectivity index (χ0v) is 11.6. The van der Waals surface area contributed by atoms with E-state index in [9.17, 15) is 0 Å². The molecule has 0 unspecified atom stereocenters. The fourth-order valence-electron chi connectivity index (χ4n) is 2.39. The molecule has 0 N–H and O–H groups in total. The van der Waals surface area contributed by atoms with Gasteiger partial charge < -0.3 is 4.42 Å². The van der Waals surface area contributed by atoms with Gasteiger partial charge in [0.2, 0.25) is 0 Å². The zero-order chi connectivity index (χ0) is 13.4. The Kier molecular flexibility index (Phi) is 2.88. The highest BCUT2D eigenvalue weighted by atomic mass is 32.1. The van der Waals surface area contributed by atoms with Gasteiger partial charge in [0.25, 0.3) is 0 Å². The molecule has 0 fully saturated rings. The van der Waals surface area contributed by atoms with E-state index in [4.69, 9.17) is 9.68 Å². The van der Waals surface area contributed by atoms with Gasteiger partial charge >= 0.3 is 0 Å². The molecule has 5 heteroatoms. The number of aromatic nitrogens is 2. The predicted octanol–water partition coefficient (Wildman–Crippen LogP) is 3.59. The second-order valence-electron chi connectivity index (χ2n) is 4.30. The Morgan fingerprint density at radius 1 is 1.47 bits per heavy atom. The fourth-order valence-corrected chi connectivity index (χ4v) is 3.46. The molecule has 0 radical (unpaired) electrons. The van der Waals surface area contributed by atoms with E-state index in [0.29, 0.717) is 6.42 Å². The molecule has 0 spiro atoms. The van der Waals surface area contributed by atoms with Crippen LogP contribution in [-0.2, 0) is 12.8 Å². The summed E-state index contributed by atoms with van der Waals surface area (Å²) in [5, 5.41) is 9.07. The molecule has 96 valence electrons. The van der Waals surface area contributed by atoms with E-state index >= 15 is 0 Å². The number of furan rings is 1. The van der Waals surface area contributed by atoms with Crippen molar-refractivity contribution in [2.24, 2.45) is 0 Å². The van der Waals surface area contributed by atoms with Crippen LogP contribution in [-0.4, -0.2) is 9.38 Å². The van der Waals surface area contributed by atoms with Crippen molar-refractivity contribution < 1.29 is 4.42 Å². The van der Waals surface area contributed by atoms with Crippen LogP contribution in [0.4, 0.5) is 0 Å². The summed E-state index contributed by atoms with van der Waals surface area (Å²) in [6, 6.07) is 5.95. The molecular weight excluding hydrogens is 258 g/mol. The largest absolute Gasteiger partial charge is 0.463 e. The molecule has 3 rings (SSSR count). The minimum atomic E-state index is 0.334. The molecule has 0 aliphatic rings. The van der Waals surface area contributed by atoms with Crippen molar-refractivity contribution in [1.82, 2.24) is 9.38 Å². The number of aryl methyl sites for hydroxylation is 2. The lowest BCUT2D eigenvalue weighted by Gasteiger charge is -2.02. The number of fused-ring (bicyclic) bond motifs is 1. The molecule has 3 aromatic heterocycles. The number of thiazole rings is 1. The quantitative estimate of drug-likeness (QED) is 0.731. The van der Waals surface area contributed by atoms with E-state index in [0.717, 1.165) is 28.5 Å². The first-order chi connectivity index (χ1) is 9.26. The van der Waals surface area contributed by atoms with Crippen molar-refractivity contribution in [3.8, 4) is 17.5 Å². The zero-order valence-electron chi connectivity index (χ0n) is 10.8. The van der Waals surface area contributed by atoms with Gasteiger partial charge in [-0.05, 0) is 25.5 Å². The topological polar surface area (TPSA) is 54.2 Å². The molecule has 0 aromatic carbocycles. The maximum absolute atomic E-state index is 9.07. The maximum Gasteiger partial charge on any atom is 0.195 e. The summed E-state index contributed by atoms with van der Waals surface area (Å²) in [7, 11) is 0. The summed E-state index contributed by atoms with van der Waals surface area (Å²) in [5.41, 5.74) is 2.94. The SMILES string of the molecule is CCc1c(C)sc2nc(-c3ccco3)c(CC#N)n12. The van der Waals surface area contributed by atoms with Crippen LogP contribution in [0.2, 0.25) is 0 Å². The molecule has 0 saturated heterocycles. The van der Waals surface area contributed by atoms with E-state index < -0.39 is 0 Å². The second-order valence-corrected chi connectivity index (χ2v) is 5.48. The van der Waals surface area contributed by atoms with Crippen LogP contribution in [0.15, 0.2) is 22.8 Å². The van der Waals surface area contributed by atoms with Crippen molar-refractivity contribution in [2.45, 2.75) is 26.7 Å². The van der Waals surface area contributed by atoms with Crippen LogP contribution >= 0.6 is 11.3 Å². The lowest BCUT2D eigenvalue weighted by atomic mass is 10.2. The van der Waals surface area contributed by atoms with Crippen molar-refractivity contribution in [1.29, 1.82) is 5.26 Å². The fraction of sp³-hybridized carbons (Fsp3) is 0.286. The summed E-state index contributed by atoms with van der Waals surface area (Å²) in [6.45, 7) is 4.22. The summed E-state index contributed by atoms with van der Waals surface area (Å²) in [6.07, 6.45) is 2.89. The van der Waals surface area contributed by atoms with Crippen molar-refractivity contribution in [3.63, 3.8) is 0 Å². The van der Waals surface area contributed by atoms with Gasteiger partial charge in [0, 0.05) is 10.6 Å². The third-order valence-electron chi connectivity index (χ3n) is 3.20. The first-order valence-corrected chi connectivity index (χ1v) is 6.98. The number of rotatable bonds is 3. The Balaban J connectivity index is 2.32. The van der Waals surface area contributed by atoms with Gasteiger partial charge in [0.15, 0.2) is 10.7 Å². The van der Waals surface area contributed by atoms with Gasteiger partial charge in [-0.25, -0.2) is 4.98 Å². The molecular formula is C14H13N3OS. The Labute approximate surface area is 114 Å². The summed E-state index contributed by atoms with van der Waals surface area (Å²) >= 11 is 1.66. The smallest absolute Gasteiger partial charge is 0.195 e. The number of imidazole rings is 1. The van der Waals surface area contributed by atoms with Gasteiger partial charge in [0.05, 0.1) is 24.4 Å². The summed E-state index contributed by atoms with van der Waals surface area (Å²) in [4.78, 5) is 6.84.